The number of pyridine rings is 1. The molecule has 0 aliphatic rings. The summed E-state index contributed by atoms with van der Waals surface area (Å²) in [7, 11) is 0. The number of fused-ring (bicyclic) bond motifs is 1. The zero-order valence-corrected chi connectivity index (χ0v) is 12.0. The smallest absolute Gasteiger partial charge is 0.325 e. The van der Waals surface area contributed by atoms with Crippen molar-refractivity contribution in [1.29, 1.82) is 0 Å². The van der Waals surface area contributed by atoms with Crippen molar-refractivity contribution in [2.75, 3.05) is 6.54 Å². The molecule has 3 heterocycles. The van der Waals surface area contributed by atoms with Gasteiger partial charge in [-0.15, -0.1) is 0 Å². The van der Waals surface area contributed by atoms with Gasteiger partial charge in [0.1, 0.15) is 5.69 Å². The van der Waals surface area contributed by atoms with Crippen molar-refractivity contribution in [2.24, 2.45) is 5.92 Å². The van der Waals surface area contributed by atoms with Crippen LogP contribution in [0.1, 0.15) is 17.4 Å². The highest BCUT2D eigenvalue weighted by molar-refractivity contribution is 5.93. The first-order valence-corrected chi connectivity index (χ1v) is 6.96. The zero-order valence-electron chi connectivity index (χ0n) is 12.0. The van der Waals surface area contributed by atoms with Crippen molar-refractivity contribution < 1.29 is 4.79 Å². The summed E-state index contributed by atoms with van der Waals surface area (Å²) in [4.78, 5) is 32.5. The molecule has 3 aromatic heterocycles. The SMILES string of the molecule is C[C@H](CNC(=O)c1ccc2[nH]c(=O)[nH]c2n1)Cn1cccn1. The van der Waals surface area contributed by atoms with Gasteiger partial charge in [-0.2, -0.15) is 5.10 Å². The van der Waals surface area contributed by atoms with Gasteiger partial charge in [-0.1, -0.05) is 6.92 Å². The van der Waals surface area contributed by atoms with Gasteiger partial charge in [-0.25, -0.2) is 9.78 Å². The summed E-state index contributed by atoms with van der Waals surface area (Å²) >= 11 is 0. The highest BCUT2D eigenvalue weighted by atomic mass is 16.2. The molecule has 3 aromatic rings. The first-order valence-electron chi connectivity index (χ1n) is 6.96. The van der Waals surface area contributed by atoms with E-state index in [0.29, 0.717) is 17.7 Å². The Hall–Kier alpha value is -2.90. The molecular formula is C14H16N6O2. The maximum Gasteiger partial charge on any atom is 0.325 e. The van der Waals surface area contributed by atoms with Crippen LogP contribution in [0.2, 0.25) is 0 Å². The van der Waals surface area contributed by atoms with E-state index in [4.69, 9.17) is 0 Å². The van der Waals surface area contributed by atoms with E-state index in [1.54, 1.807) is 18.3 Å². The van der Waals surface area contributed by atoms with E-state index in [9.17, 15) is 9.59 Å². The van der Waals surface area contributed by atoms with E-state index in [0.717, 1.165) is 6.54 Å². The van der Waals surface area contributed by atoms with Crippen molar-refractivity contribution >= 4 is 17.1 Å². The third-order valence-electron chi connectivity index (χ3n) is 3.28. The summed E-state index contributed by atoms with van der Waals surface area (Å²) in [6, 6.07) is 5.10. The van der Waals surface area contributed by atoms with Crippen LogP contribution >= 0.6 is 0 Å². The van der Waals surface area contributed by atoms with E-state index in [1.165, 1.54) is 0 Å². The molecule has 8 nitrogen and oxygen atoms in total. The monoisotopic (exact) mass is 300 g/mol. The van der Waals surface area contributed by atoms with E-state index in [2.05, 4.69) is 25.4 Å². The zero-order chi connectivity index (χ0) is 15.5. The number of aromatic amines is 2. The number of amides is 1. The molecule has 8 heteroatoms. The van der Waals surface area contributed by atoms with Crippen LogP contribution in [0.15, 0.2) is 35.4 Å². The second-order valence-electron chi connectivity index (χ2n) is 5.22. The molecule has 0 aromatic carbocycles. The predicted molar refractivity (Wildman–Crippen MR) is 80.4 cm³/mol. The summed E-state index contributed by atoms with van der Waals surface area (Å²) in [5, 5.41) is 6.97. The number of imidazole rings is 1. The van der Waals surface area contributed by atoms with Gasteiger partial charge in [0.05, 0.1) is 5.52 Å². The second-order valence-corrected chi connectivity index (χ2v) is 5.22. The number of aromatic nitrogens is 5. The van der Waals surface area contributed by atoms with Gasteiger partial charge in [0, 0.05) is 25.5 Å². The predicted octanol–water partition coefficient (Wildman–Crippen LogP) is 0.514. The molecule has 3 rings (SSSR count). The third kappa shape index (κ3) is 3.05. The lowest BCUT2D eigenvalue weighted by Gasteiger charge is -2.12. The molecule has 1 atom stereocenters. The molecule has 0 aliphatic carbocycles. The first-order chi connectivity index (χ1) is 10.6. The molecule has 0 saturated heterocycles. The van der Waals surface area contributed by atoms with Crippen molar-refractivity contribution in [1.82, 2.24) is 30.0 Å². The molecule has 1 amide bonds. The average molecular weight is 300 g/mol. The molecule has 22 heavy (non-hydrogen) atoms. The Bertz CT molecular complexity index is 833. The van der Waals surface area contributed by atoms with E-state index < -0.39 is 0 Å². The Morgan fingerprint density at radius 2 is 2.27 bits per heavy atom. The summed E-state index contributed by atoms with van der Waals surface area (Å²) in [5.74, 6) is -0.0316. The molecule has 0 bridgehead atoms. The van der Waals surface area contributed by atoms with Crippen molar-refractivity contribution in [2.45, 2.75) is 13.5 Å². The molecule has 0 unspecified atom stereocenters. The van der Waals surface area contributed by atoms with Gasteiger partial charge in [-0.3, -0.25) is 14.5 Å². The van der Waals surface area contributed by atoms with Crippen LogP contribution < -0.4 is 11.0 Å². The minimum atomic E-state index is -0.340. The minimum absolute atomic E-state index is 0.236. The first kappa shape index (κ1) is 14.1. The number of carbonyl (C=O) groups is 1. The van der Waals surface area contributed by atoms with Gasteiger partial charge in [-0.05, 0) is 24.1 Å². The van der Waals surface area contributed by atoms with E-state index >= 15 is 0 Å². The Labute approximate surface area is 125 Å². The number of H-pyrrole nitrogens is 2. The number of nitrogens with zero attached hydrogens (tertiary/aromatic N) is 3. The molecule has 0 spiro atoms. The molecular weight excluding hydrogens is 284 g/mol. The Balaban J connectivity index is 1.61. The number of nitrogens with one attached hydrogen (secondary N) is 3. The van der Waals surface area contributed by atoms with Crippen LogP contribution in [0.25, 0.3) is 11.2 Å². The number of hydrogen-bond donors (Lipinski definition) is 3. The lowest BCUT2D eigenvalue weighted by molar-refractivity contribution is 0.0942. The van der Waals surface area contributed by atoms with Gasteiger partial charge in [0.2, 0.25) is 0 Å². The summed E-state index contributed by atoms with van der Waals surface area (Å²) in [6.07, 6.45) is 3.61. The minimum Gasteiger partial charge on any atom is -0.350 e. The summed E-state index contributed by atoms with van der Waals surface area (Å²) in [6.45, 7) is 3.27. The molecule has 114 valence electrons. The maximum atomic E-state index is 12.1. The van der Waals surface area contributed by atoms with Crippen molar-refractivity contribution in [3.8, 4) is 0 Å². The van der Waals surface area contributed by atoms with E-state index in [1.807, 2.05) is 23.9 Å². The molecule has 0 saturated carbocycles. The van der Waals surface area contributed by atoms with Gasteiger partial charge in [0.25, 0.3) is 5.91 Å². The Morgan fingerprint density at radius 3 is 3.05 bits per heavy atom. The van der Waals surface area contributed by atoms with Gasteiger partial charge < -0.3 is 10.3 Å². The largest absolute Gasteiger partial charge is 0.350 e. The molecule has 0 radical (unpaired) electrons. The Morgan fingerprint density at radius 1 is 1.41 bits per heavy atom. The number of carbonyl (C=O) groups excluding carboxylic acids is 1. The van der Waals surface area contributed by atoms with Gasteiger partial charge >= 0.3 is 5.69 Å². The topological polar surface area (TPSA) is 108 Å². The summed E-state index contributed by atoms with van der Waals surface area (Å²) in [5.41, 5.74) is 0.887. The normalized spacial score (nSPS) is 12.4. The van der Waals surface area contributed by atoms with Crippen molar-refractivity contribution in [3.05, 3.63) is 46.8 Å². The highest BCUT2D eigenvalue weighted by Gasteiger charge is 2.11. The number of rotatable bonds is 5. The molecule has 0 fully saturated rings. The fourth-order valence-corrected chi connectivity index (χ4v) is 2.19. The van der Waals surface area contributed by atoms with Gasteiger partial charge in [0.15, 0.2) is 5.65 Å². The maximum absolute atomic E-state index is 12.1. The fraction of sp³-hybridized carbons (Fsp3) is 0.286. The Kier molecular flexibility index (Phi) is 3.73. The molecule has 3 N–H and O–H groups in total. The fourth-order valence-electron chi connectivity index (χ4n) is 2.19. The van der Waals surface area contributed by atoms with Crippen LogP contribution in [0.5, 0.6) is 0 Å². The summed E-state index contributed by atoms with van der Waals surface area (Å²) < 4.78 is 1.83. The highest BCUT2D eigenvalue weighted by Crippen LogP contribution is 2.06. The quantitative estimate of drug-likeness (QED) is 0.638. The molecule has 0 aliphatic heterocycles. The van der Waals surface area contributed by atoms with Crippen LogP contribution in [-0.4, -0.2) is 37.2 Å². The second kappa shape index (κ2) is 5.84. The van der Waals surface area contributed by atoms with Crippen LogP contribution in [0.3, 0.4) is 0 Å². The lowest BCUT2D eigenvalue weighted by atomic mass is 10.2. The third-order valence-corrected chi connectivity index (χ3v) is 3.28. The van der Waals surface area contributed by atoms with Crippen molar-refractivity contribution in [3.63, 3.8) is 0 Å². The van der Waals surface area contributed by atoms with E-state index in [-0.39, 0.29) is 23.2 Å². The number of hydrogen-bond acceptors (Lipinski definition) is 4. The van der Waals surface area contributed by atoms with Crippen LogP contribution in [-0.2, 0) is 6.54 Å². The standard InChI is InChI=1S/C14H16N6O2/c1-9(8-20-6-2-5-16-20)7-15-13(21)11-4-3-10-12(17-11)19-14(22)18-10/h2-6,9H,7-8H2,1H3,(H,15,21)(H2,17,18,19,22)/t9-/m1/s1. The lowest BCUT2D eigenvalue weighted by Crippen LogP contribution is -2.30. The van der Waals surface area contributed by atoms with Crippen LogP contribution in [0.4, 0.5) is 0 Å². The van der Waals surface area contributed by atoms with Crippen LogP contribution in [0, 0.1) is 5.92 Å². The average Bonchev–Trinajstić information content (AvgIpc) is 3.12.